The van der Waals surface area contributed by atoms with Crippen LogP contribution < -0.4 is 5.73 Å². The molecular weight excluding hydrogens is 523 g/mol. The van der Waals surface area contributed by atoms with Crippen molar-refractivity contribution in [3.8, 4) is 16.9 Å². The Morgan fingerprint density at radius 1 is 1.03 bits per heavy atom. The van der Waals surface area contributed by atoms with Gasteiger partial charge in [-0.3, -0.25) is 4.79 Å². The number of hydrogen-bond donors (Lipinski definition) is 1. The number of carbonyl (C=O) groups is 1. The molecule has 1 aromatic heterocycles. The molecule has 0 bridgehead atoms. The Hall–Kier alpha value is -3.49. The summed E-state index contributed by atoms with van der Waals surface area (Å²) >= 11 is 3.47. The van der Waals surface area contributed by atoms with E-state index in [0.717, 1.165) is 26.9 Å². The standard InChI is InChI=1S/C28H26BrFN4O2/c1-2-25-27(35)33(16-15-18-3-11-22(31)12-4-18)28(36-25)24-17-34(23-13-7-20(29)8-14-23)32-26(24)19-5-9-21(30)10-6-19/h3-14,17,25,28H,2,15-16,31H2,1H3/t25-,28+/m0/s1. The summed E-state index contributed by atoms with van der Waals surface area (Å²) in [5, 5.41) is 4.84. The molecule has 1 amide bonds. The van der Waals surface area contributed by atoms with E-state index in [-0.39, 0.29) is 11.7 Å². The Bertz CT molecular complexity index is 1350. The second-order valence-corrected chi connectivity index (χ2v) is 9.69. The van der Waals surface area contributed by atoms with Gasteiger partial charge in [0.05, 0.1) is 5.69 Å². The number of amides is 1. The summed E-state index contributed by atoms with van der Waals surface area (Å²) in [5.41, 5.74) is 10.6. The Morgan fingerprint density at radius 2 is 1.72 bits per heavy atom. The minimum atomic E-state index is -0.611. The summed E-state index contributed by atoms with van der Waals surface area (Å²) in [7, 11) is 0. The molecule has 36 heavy (non-hydrogen) atoms. The molecule has 3 aromatic carbocycles. The minimum absolute atomic E-state index is 0.0422. The second-order valence-electron chi connectivity index (χ2n) is 8.77. The van der Waals surface area contributed by atoms with E-state index in [4.69, 9.17) is 15.6 Å². The number of halogens is 2. The second kappa shape index (κ2) is 10.2. The van der Waals surface area contributed by atoms with Crippen molar-refractivity contribution in [1.82, 2.24) is 14.7 Å². The van der Waals surface area contributed by atoms with Crippen LogP contribution in [0.3, 0.4) is 0 Å². The van der Waals surface area contributed by atoms with E-state index in [0.29, 0.717) is 30.8 Å². The Balaban J connectivity index is 1.54. The van der Waals surface area contributed by atoms with Gasteiger partial charge < -0.3 is 15.4 Å². The molecule has 0 aliphatic carbocycles. The first-order valence-electron chi connectivity index (χ1n) is 11.8. The summed E-state index contributed by atoms with van der Waals surface area (Å²) in [5.74, 6) is -0.365. The van der Waals surface area contributed by atoms with Crippen molar-refractivity contribution >= 4 is 27.5 Å². The molecule has 2 atom stereocenters. The van der Waals surface area contributed by atoms with Crippen LogP contribution in [-0.2, 0) is 16.0 Å². The van der Waals surface area contributed by atoms with E-state index in [1.54, 1.807) is 21.7 Å². The van der Waals surface area contributed by atoms with Gasteiger partial charge in [-0.05, 0) is 79.1 Å². The normalized spacial score (nSPS) is 17.6. The molecule has 1 aliphatic rings. The van der Waals surface area contributed by atoms with Crippen LogP contribution in [0, 0.1) is 5.82 Å². The first kappa shape index (κ1) is 24.2. The predicted octanol–water partition coefficient (Wildman–Crippen LogP) is 5.90. The van der Waals surface area contributed by atoms with E-state index in [2.05, 4.69) is 15.9 Å². The summed E-state index contributed by atoms with van der Waals surface area (Å²) in [4.78, 5) is 15.1. The van der Waals surface area contributed by atoms with Crippen molar-refractivity contribution in [3.63, 3.8) is 0 Å². The molecule has 0 radical (unpaired) electrons. The Labute approximate surface area is 217 Å². The Kier molecular flexibility index (Phi) is 6.89. The van der Waals surface area contributed by atoms with Crippen LogP contribution in [0.2, 0.25) is 0 Å². The van der Waals surface area contributed by atoms with Gasteiger partial charge in [-0.15, -0.1) is 0 Å². The number of benzene rings is 3. The lowest BCUT2D eigenvalue weighted by molar-refractivity contribution is -0.130. The number of ether oxygens (including phenoxy) is 1. The van der Waals surface area contributed by atoms with Crippen molar-refractivity contribution in [1.29, 1.82) is 0 Å². The fourth-order valence-electron chi connectivity index (χ4n) is 4.39. The van der Waals surface area contributed by atoms with E-state index in [1.165, 1.54) is 12.1 Å². The number of hydrogen-bond acceptors (Lipinski definition) is 4. The first-order valence-corrected chi connectivity index (χ1v) is 12.6. The number of nitrogens with zero attached hydrogens (tertiary/aromatic N) is 3. The quantitative estimate of drug-likeness (QED) is 0.292. The third-order valence-corrected chi connectivity index (χ3v) is 6.87. The van der Waals surface area contributed by atoms with Gasteiger partial charge in [-0.1, -0.05) is 35.0 Å². The van der Waals surface area contributed by atoms with Gasteiger partial charge in [-0.25, -0.2) is 9.07 Å². The summed E-state index contributed by atoms with van der Waals surface area (Å²) in [6.07, 6.45) is 1.99. The monoisotopic (exact) mass is 548 g/mol. The number of anilines is 1. The topological polar surface area (TPSA) is 73.4 Å². The molecule has 0 saturated carbocycles. The van der Waals surface area contributed by atoms with Crippen molar-refractivity contribution in [2.24, 2.45) is 0 Å². The summed E-state index contributed by atoms with van der Waals surface area (Å²) in [6, 6.07) is 21.6. The van der Waals surface area contributed by atoms with Crippen LogP contribution in [0.5, 0.6) is 0 Å². The van der Waals surface area contributed by atoms with Crippen LogP contribution in [-0.4, -0.2) is 33.2 Å². The maximum absolute atomic E-state index is 13.7. The first-order chi connectivity index (χ1) is 17.4. The van der Waals surface area contributed by atoms with Gasteiger partial charge >= 0.3 is 0 Å². The number of carbonyl (C=O) groups excluding carboxylic acids is 1. The molecule has 0 unspecified atom stereocenters. The van der Waals surface area contributed by atoms with Crippen LogP contribution in [0.25, 0.3) is 16.9 Å². The zero-order valence-electron chi connectivity index (χ0n) is 19.8. The smallest absolute Gasteiger partial charge is 0.254 e. The molecule has 2 heterocycles. The fraction of sp³-hybridized carbons (Fsp3) is 0.214. The van der Waals surface area contributed by atoms with Crippen LogP contribution >= 0.6 is 15.9 Å². The van der Waals surface area contributed by atoms with Gasteiger partial charge in [0.25, 0.3) is 5.91 Å². The van der Waals surface area contributed by atoms with Crippen molar-refractivity contribution in [2.45, 2.75) is 32.1 Å². The maximum atomic E-state index is 13.7. The summed E-state index contributed by atoms with van der Waals surface area (Å²) in [6.45, 7) is 2.42. The molecule has 5 rings (SSSR count). The van der Waals surface area contributed by atoms with Crippen LogP contribution in [0.4, 0.5) is 10.1 Å². The average Bonchev–Trinajstić information content (AvgIpc) is 3.46. The van der Waals surface area contributed by atoms with E-state index in [9.17, 15) is 9.18 Å². The maximum Gasteiger partial charge on any atom is 0.254 e. The van der Waals surface area contributed by atoms with Gasteiger partial charge in [-0.2, -0.15) is 5.10 Å². The average molecular weight is 549 g/mol. The lowest BCUT2D eigenvalue weighted by atomic mass is 10.1. The number of nitrogens with two attached hydrogens (primary N) is 1. The predicted molar refractivity (Wildman–Crippen MR) is 141 cm³/mol. The van der Waals surface area contributed by atoms with Crippen LogP contribution in [0.15, 0.2) is 83.5 Å². The molecular formula is C28H26BrFN4O2. The van der Waals surface area contributed by atoms with Gasteiger partial charge in [0.15, 0.2) is 6.23 Å². The highest BCUT2D eigenvalue weighted by Gasteiger charge is 2.42. The zero-order chi connectivity index (χ0) is 25.2. The molecule has 2 N–H and O–H groups in total. The van der Waals surface area contributed by atoms with E-state index in [1.807, 2.05) is 61.7 Å². The third kappa shape index (κ3) is 4.92. The molecule has 8 heteroatoms. The fourth-order valence-corrected chi connectivity index (χ4v) is 4.65. The number of rotatable bonds is 7. The van der Waals surface area contributed by atoms with E-state index < -0.39 is 12.3 Å². The molecule has 4 aromatic rings. The Morgan fingerprint density at radius 3 is 2.39 bits per heavy atom. The summed E-state index contributed by atoms with van der Waals surface area (Å²) < 4.78 is 22.7. The zero-order valence-corrected chi connectivity index (χ0v) is 21.4. The molecule has 0 spiro atoms. The lowest BCUT2D eigenvalue weighted by Crippen LogP contribution is -2.32. The minimum Gasteiger partial charge on any atom is -0.399 e. The van der Waals surface area contributed by atoms with Crippen molar-refractivity contribution < 1.29 is 13.9 Å². The van der Waals surface area contributed by atoms with E-state index >= 15 is 0 Å². The largest absolute Gasteiger partial charge is 0.399 e. The molecule has 1 aliphatic heterocycles. The van der Waals surface area contributed by atoms with Crippen molar-refractivity contribution in [3.05, 3.63) is 100 Å². The highest BCUT2D eigenvalue weighted by Crippen LogP contribution is 2.38. The molecule has 6 nitrogen and oxygen atoms in total. The number of aromatic nitrogens is 2. The van der Waals surface area contributed by atoms with Crippen LogP contribution in [0.1, 0.15) is 30.7 Å². The van der Waals surface area contributed by atoms with Crippen molar-refractivity contribution in [2.75, 3.05) is 12.3 Å². The highest BCUT2D eigenvalue weighted by atomic mass is 79.9. The molecule has 1 fully saturated rings. The molecule has 1 saturated heterocycles. The SMILES string of the molecule is CC[C@@H]1O[C@H](c2cn(-c3ccc(Br)cc3)nc2-c2ccc(F)cc2)N(CCc2ccc(N)cc2)C1=O. The van der Waals surface area contributed by atoms with Gasteiger partial charge in [0, 0.05) is 34.0 Å². The third-order valence-electron chi connectivity index (χ3n) is 6.34. The molecule has 184 valence electrons. The highest BCUT2D eigenvalue weighted by molar-refractivity contribution is 9.10. The van der Waals surface area contributed by atoms with Gasteiger partial charge in [0.2, 0.25) is 0 Å². The number of nitrogen functional groups attached to an aromatic ring is 1. The van der Waals surface area contributed by atoms with Gasteiger partial charge in [0.1, 0.15) is 17.6 Å². The lowest BCUT2D eigenvalue weighted by Gasteiger charge is -2.23.